The maximum atomic E-state index is 11.3. The highest BCUT2D eigenvalue weighted by molar-refractivity contribution is 5.94. The minimum absolute atomic E-state index is 0.169. The van der Waals surface area contributed by atoms with Gasteiger partial charge in [0.25, 0.3) is 0 Å². The zero-order valence-corrected chi connectivity index (χ0v) is 9.14. The summed E-state index contributed by atoms with van der Waals surface area (Å²) in [5, 5.41) is 0. The van der Waals surface area contributed by atoms with Gasteiger partial charge in [-0.25, -0.2) is 9.78 Å². The third-order valence-electron chi connectivity index (χ3n) is 1.99. The van der Waals surface area contributed by atoms with Gasteiger partial charge in [0, 0.05) is 6.20 Å². The van der Waals surface area contributed by atoms with Crippen LogP contribution >= 0.6 is 0 Å². The predicted molar refractivity (Wildman–Crippen MR) is 62.7 cm³/mol. The topological polar surface area (TPSA) is 91.2 Å². The normalized spacial score (nSPS) is 10.6. The van der Waals surface area contributed by atoms with Crippen LogP contribution in [-0.4, -0.2) is 24.6 Å². The minimum Gasteiger partial charge on any atom is -0.465 e. The second-order valence-corrected chi connectivity index (χ2v) is 3.17. The molecule has 0 atom stereocenters. The van der Waals surface area contributed by atoms with Crippen molar-refractivity contribution in [2.75, 3.05) is 19.4 Å². The second-order valence-electron chi connectivity index (χ2n) is 3.17. The maximum absolute atomic E-state index is 11.3. The number of ether oxygens (including phenoxy) is 1. The summed E-state index contributed by atoms with van der Waals surface area (Å²) in [6, 6.07) is 1.64. The number of nitrogens with zero attached hydrogens (tertiary/aromatic N) is 1. The van der Waals surface area contributed by atoms with Crippen molar-refractivity contribution in [3.05, 3.63) is 29.5 Å². The summed E-state index contributed by atoms with van der Waals surface area (Å²) < 4.78 is 4.59. The SMILES string of the molecule is COC(=O)c1cc(C=CCCN)cnc1N. The average Bonchev–Trinajstić information content (AvgIpc) is 2.30. The summed E-state index contributed by atoms with van der Waals surface area (Å²) in [7, 11) is 1.30. The Morgan fingerprint density at radius 2 is 2.38 bits per heavy atom. The van der Waals surface area contributed by atoms with Gasteiger partial charge in [-0.05, 0) is 24.6 Å². The van der Waals surface area contributed by atoms with Gasteiger partial charge in [0.2, 0.25) is 0 Å². The number of methoxy groups -OCH3 is 1. The number of hydrogen-bond acceptors (Lipinski definition) is 5. The molecule has 0 saturated heterocycles. The lowest BCUT2D eigenvalue weighted by molar-refractivity contribution is 0.0601. The molecule has 0 fully saturated rings. The third-order valence-corrected chi connectivity index (χ3v) is 1.99. The quantitative estimate of drug-likeness (QED) is 0.734. The van der Waals surface area contributed by atoms with E-state index in [1.165, 1.54) is 7.11 Å². The van der Waals surface area contributed by atoms with Crippen molar-refractivity contribution in [2.45, 2.75) is 6.42 Å². The van der Waals surface area contributed by atoms with Crippen molar-refractivity contribution in [3.8, 4) is 0 Å². The van der Waals surface area contributed by atoms with Crippen LogP contribution in [0.4, 0.5) is 5.82 Å². The molecule has 1 rings (SSSR count). The number of carbonyl (C=O) groups is 1. The fraction of sp³-hybridized carbons (Fsp3) is 0.273. The first-order valence-electron chi connectivity index (χ1n) is 4.89. The summed E-state index contributed by atoms with van der Waals surface area (Å²) in [6.07, 6.45) is 6.12. The van der Waals surface area contributed by atoms with Gasteiger partial charge in [-0.15, -0.1) is 0 Å². The molecule has 0 aromatic carbocycles. The fourth-order valence-electron chi connectivity index (χ4n) is 1.17. The molecule has 5 heteroatoms. The molecule has 5 nitrogen and oxygen atoms in total. The highest BCUT2D eigenvalue weighted by Gasteiger charge is 2.10. The number of anilines is 1. The van der Waals surface area contributed by atoms with E-state index in [0.717, 1.165) is 12.0 Å². The Kier molecular flexibility index (Phi) is 4.47. The molecule has 1 aromatic heterocycles. The van der Waals surface area contributed by atoms with E-state index in [2.05, 4.69) is 9.72 Å². The van der Waals surface area contributed by atoms with E-state index in [-0.39, 0.29) is 11.4 Å². The molecule has 0 amide bonds. The van der Waals surface area contributed by atoms with E-state index >= 15 is 0 Å². The van der Waals surface area contributed by atoms with Gasteiger partial charge in [-0.3, -0.25) is 0 Å². The number of pyridine rings is 1. The Labute approximate surface area is 94.1 Å². The molecule has 0 aliphatic heterocycles. The Morgan fingerprint density at radius 1 is 1.62 bits per heavy atom. The monoisotopic (exact) mass is 221 g/mol. The molecule has 0 aliphatic carbocycles. The molecule has 86 valence electrons. The van der Waals surface area contributed by atoms with Crippen LogP contribution < -0.4 is 11.5 Å². The second kappa shape index (κ2) is 5.87. The molecular formula is C11H15N3O2. The van der Waals surface area contributed by atoms with E-state index in [4.69, 9.17) is 11.5 Å². The predicted octanol–water partition coefficient (Wildman–Crippen LogP) is 0.812. The van der Waals surface area contributed by atoms with Crippen molar-refractivity contribution >= 4 is 17.9 Å². The van der Waals surface area contributed by atoms with Crippen LogP contribution in [0.15, 0.2) is 18.3 Å². The van der Waals surface area contributed by atoms with E-state index in [9.17, 15) is 4.79 Å². The largest absolute Gasteiger partial charge is 0.465 e. The Balaban J connectivity index is 2.93. The van der Waals surface area contributed by atoms with Gasteiger partial charge in [-0.2, -0.15) is 0 Å². The van der Waals surface area contributed by atoms with Crippen molar-refractivity contribution in [1.82, 2.24) is 4.98 Å². The van der Waals surface area contributed by atoms with Gasteiger partial charge >= 0.3 is 5.97 Å². The number of carbonyl (C=O) groups excluding carboxylic acids is 1. The van der Waals surface area contributed by atoms with Crippen molar-refractivity contribution < 1.29 is 9.53 Å². The van der Waals surface area contributed by atoms with Gasteiger partial charge in [-0.1, -0.05) is 12.2 Å². The molecule has 0 saturated carbocycles. The molecular weight excluding hydrogens is 206 g/mol. The van der Waals surface area contributed by atoms with Gasteiger partial charge in [0.15, 0.2) is 0 Å². The highest BCUT2D eigenvalue weighted by atomic mass is 16.5. The van der Waals surface area contributed by atoms with Crippen molar-refractivity contribution in [3.63, 3.8) is 0 Å². The van der Waals surface area contributed by atoms with Gasteiger partial charge in [0.05, 0.1) is 7.11 Å². The molecule has 0 aliphatic rings. The van der Waals surface area contributed by atoms with Crippen LogP contribution in [0, 0.1) is 0 Å². The molecule has 0 unspecified atom stereocenters. The van der Waals surface area contributed by atoms with Crippen molar-refractivity contribution in [1.29, 1.82) is 0 Å². The zero-order valence-electron chi connectivity index (χ0n) is 9.14. The van der Waals surface area contributed by atoms with Crippen LogP contribution in [0.1, 0.15) is 22.3 Å². The number of esters is 1. The highest BCUT2D eigenvalue weighted by Crippen LogP contribution is 2.13. The van der Waals surface area contributed by atoms with Crippen molar-refractivity contribution in [2.24, 2.45) is 5.73 Å². The number of hydrogen-bond donors (Lipinski definition) is 2. The van der Waals surface area contributed by atoms with E-state index in [0.29, 0.717) is 6.54 Å². The van der Waals surface area contributed by atoms with Crippen LogP contribution in [0.25, 0.3) is 6.08 Å². The first kappa shape index (κ1) is 12.2. The number of nitrogen functional groups attached to an aromatic ring is 1. The van der Waals surface area contributed by atoms with Crippen LogP contribution in [0.2, 0.25) is 0 Å². The number of rotatable bonds is 4. The maximum Gasteiger partial charge on any atom is 0.341 e. The zero-order chi connectivity index (χ0) is 12.0. The fourth-order valence-corrected chi connectivity index (χ4v) is 1.17. The molecule has 0 bridgehead atoms. The average molecular weight is 221 g/mol. The summed E-state index contributed by atoms with van der Waals surface area (Å²) >= 11 is 0. The summed E-state index contributed by atoms with van der Waals surface area (Å²) in [4.78, 5) is 15.3. The Bertz CT molecular complexity index is 402. The van der Waals surface area contributed by atoms with Crippen LogP contribution in [0.3, 0.4) is 0 Å². The molecule has 16 heavy (non-hydrogen) atoms. The first-order valence-corrected chi connectivity index (χ1v) is 4.89. The standard InChI is InChI=1S/C11H15N3O2/c1-16-11(15)9-6-8(4-2-3-5-12)7-14-10(9)13/h2,4,6-7H,3,5,12H2,1H3,(H2,13,14). The first-order chi connectivity index (χ1) is 7.69. The number of nitrogens with two attached hydrogens (primary N) is 2. The minimum atomic E-state index is -0.487. The van der Waals surface area contributed by atoms with Crippen LogP contribution in [0.5, 0.6) is 0 Å². The number of aromatic nitrogens is 1. The lowest BCUT2D eigenvalue weighted by atomic mass is 10.1. The summed E-state index contributed by atoms with van der Waals surface area (Å²) in [6.45, 7) is 0.586. The lowest BCUT2D eigenvalue weighted by Gasteiger charge is -2.03. The lowest BCUT2D eigenvalue weighted by Crippen LogP contribution is -2.07. The molecule has 4 N–H and O–H groups in total. The Morgan fingerprint density at radius 3 is 3.00 bits per heavy atom. The summed E-state index contributed by atoms with van der Waals surface area (Å²) in [5.41, 5.74) is 12.0. The van der Waals surface area contributed by atoms with Gasteiger partial charge in [0.1, 0.15) is 11.4 Å². The smallest absolute Gasteiger partial charge is 0.341 e. The molecule has 0 radical (unpaired) electrons. The molecule has 0 spiro atoms. The molecule has 1 heterocycles. The summed E-state index contributed by atoms with van der Waals surface area (Å²) in [5.74, 6) is -0.318. The van der Waals surface area contributed by atoms with E-state index in [1.54, 1.807) is 12.3 Å². The van der Waals surface area contributed by atoms with Gasteiger partial charge < -0.3 is 16.2 Å². The van der Waals surface area contributed by atoms with E-state index in [1.807, 2.05) is 12.2 Å². The third kappa shape index (κ3) is 3.06. The molecule has 1 aromatic rings. The van der Waals surface area contributed by atoms with Crippen LogP contribution in [-0.2, 0) is 4.74 Å². The Hall–Kier alpha value is -1.88. The van der Waals surface area contributed by atoms with E-state index < -0.39 is 5.97 Å².